The molecule has 0 aliphatic carbocycles. The van der Waals surface area contributed by atoms with E-state index < -0.39 is 9.05 Å². The van der Waals surface area contributed by atoms with Crippen molar-refractivity contribution >= 4 is 19.7 Å². The van der Waals surface area contributed by atoms with Crippen molar-refractivity contribution in [1.82, 2.24) is 4.98 Å². The molecular formula is C13H9ClN2O3S. The Labute approximate surface area is 120 Å². The maximum absolute atomic E-state index is 11.4. The minimum atomic E-state index is -3.96. The van der Waals surface area contributed by atoms with Gasteiger partial charge in [0.15, 0.2) is 0 Å². The van der Waals surface area contributed by atoms with Gasteiger partial charge in [-0.25, -0.2) is 13.4 Å². The van der Waals surface area contributed by atoms with Crippen molar-refractivity contribution in [1.29, 1.82) is 5.26 Å². The monoisotopic (exact) mass is 308 g/mol. The Bertz CT molecular complexity index is 798. The number of aromatic nitrogens is 1. The molecule has 0 radical (unpaired) electrons. The van der Waals surface area contributed by atoms with Crippen molar-refractivity contribution in [3.63, 3.8) is 0 Å². The number of hydrogen-bond donors (Lipinski definition) is 0. The summed E-state index contributed by atoms with van der Waals surface area (Å²) in [5, 5.41) is 8.86. The Morgan fingerprint density at radius 2 is 2.10 bits per heavy atom. The van der Waals surface area contributed by atoms with Crippen molar-refractivity contribution in [2.24, 2.45) is 0 Å². The van der Waals surface area contributed by atoms with E-state index in [9.17, 15) is 8.42 Å². The summed E-state index contributed by atoms with van der Waals surface area (Å²) in [5.41, 5.74) is 1.14. The predicted octanol–water partition coefficient (Wildman–Crippen LogP) is 2.98. The third-order valence-electron chi connectivity index (χ3n) is 2.52. The molecule has 0 amide bonds. The Hall–Kier alpha value is -2.10. The van der Waals surface area contributed by atoms with Gasteiger partial charge in [-0.1, -0.05) is 6.07 Å². The normalized spacial score (nSPS) is 10.8. The fraction of sp³-hybridized carbons (Fsp3) is 0.0769. The SMILES string of the molecule is Cc1ccc(C#N)cc1Oc1ncccc1S(=O)(=O)Cl. The number of aryl methyl sites for hydroxylation is 1. The number of nitrogens with zero attached hydrogens (tertiary/aromatic N) is 2. The van der Waals surface area contributed by atoms with E-state index in [2.05, 4.69) is 4.98 Å². The number of halogens is 1. The molecule has 7 heteroatoms. The van der Waals surface area contributed by atoms with E-state index in [1.807, 2.05) is 6.07 Å². The van der Waals surface area contributed by atoms with Gasteiger partial charge in [-0.15, -0.1) is 0 Å². The first-order valence-corrected chi connectivity index (χ1v) is 7.81. The van der Waals surface area contributed by atoms with Gasteiger partial charge in [0.2, 0.25) is 5.88 Å². The van der Waals surface area contributed by atoms with Crippen LogP contribution in [0.5, 0.6) is 11.6 Å². The van der Waals surface area contributed by atoms with Crippen LogP contribution in [0.3, 0.4) is 0 Å². The van der Waals surface area contributed by atoms with Crippen LogP contribution >= 0.6 is 10.7 Å². The number of hydrogen-bond acceptors (Lipinski definition) is 5. The molecule has 0 atom stereocenters. The lowest BCUT2D eigenvalue weighted by Gasteiger charge is -2.10. The van der Waals surface area contributed by atoms with Crippen molar-refractivity contribution < 1.29 is 13.2 Å². The van der Waals surface area contributed by atoms with E-state index in [4.69, 9.17) is 20.7 Å². The van der Waals surface area contributed by atoms with E-state index in [1.165, 1.54) is 24.4 Å². The Morgan fingerprint density at radius 3 is 2.75 bits per heavy atom. The van der Waals surface area contributed by atoms with Crippen LogP contribution < -0.4 is 4.74 Å². The Kier molecular flexibility index (Phi) is 3.93. The topological polar surface area (TPSA) is 80.0 Å². The smallest absolute Gasteiger partial charge is 0.266 e. The minimum absolute atomic E-state index is 0.124. The summed E-state index contributed by atoms with van der Waals surface area (Å²) in [6.45, 7) is 1.77. The molecule has 2 rings (SSSR count). The molecule has 20 heavy (non-hydrogen) atoms. The summed E-state index contributed by atoms with van der Waals surface area (Å²) in [7, 11) is 1.37. The molecule has 0 spiro atoms. The Morgan fingerprint density at radius 1 is 1.35 bits per heavy atom. The lowest BCUT2D eigenvalue weighted by Crippen LogP contribution is -1.99. The van der Waals surface area contributed by atoms with Crippen molar-refractivity contribution in [3.05, 3.63) is 47.7 Å². The molecule has 2 aromatic rings. The van der Waals surface area contributed by atoms with Gasteiger partial charge in [-0.3, -0.25) is 0 Å². The highest BCUT2D eigenvalue weighted by molar-refractivity contribution is 8.13. The number of nitriles is 1. The molecule has 1 aromatic heterocycles. The molecule has 1 aromatic carbocycles. The molecule has 0 aliphatic heterocycles. The van der Waals surface area contributed by atoms with Crippen LogP contribution in [0.2, 0.25) is 0 Å². The van der Waals surface area contributed by atoms with E-state index in [1.54, 1.807) is 19.1 Å². The zero-order chi connectivity index (χ0) is 14.8. The molecule has 0 fully saturated rings. The van der Waals surface area contributed by atoms with Gasteiger partial charge in [-0.05, 0) is 36.8 Å². The predicted molar refractivity (Wildman–Crippen MR) is 73.2 cm³/mol. The minimum Gasteiger partial charge on any atom is -0.437 e. The third-order valence-corrected chi connectivity index (χ3v) is 3.86. The van der Waals surface area contributed by atoms with Gasteiger partial charge in [0.05, 0.1) is 11.6 Å². The molecule has 0 N–H and O–H groups in total. The summed E-state index contributed by atoms with van der Waals surface area (Å²) in [6, 6.07) is 9.57. The molecule has 5 nitrogen and oxygen atoms in total. The molecule has 0 saturated carbocycles. The van der Waals surface area contributed by atoms with E-state index in [0.717, 1.165) is 5.56 Å². The largest absolute Gasteiger partial charge is 0.437 e. The molecular weight excluding hydrogens is 300 g/mol. The van der Waals surface area contributed by atoms with Gasteiger partial charge in [0.1, 0.15) is 10.6 Å². The molecule has 0 saturated heterocycles. The van der Waals surface area contributed by atoms with E-state index in [0.29, 0.717) is 11.3 Å². The highest BCUT2D eigenvalue weighted by Gasteiger charge is 2.18. The molecule has 0 bridgehead atoms. The lowest BCUT2D eigenvalue weighted by molar-refractivity contribution is 0.444. The second kappa shape index (κ2) is 5.49. The van der Waals surface area contributed by atoms with Crippen LogP contribution in [0.25, 0.3) is 0 Å². The standard InChI is InChI=1S/C13H9ClN2O3S/c1-9-4-5-10(8-15)7-11(9)19-13-12(20(14,17)18)3-2-6-16-13/h2-7H,1H3. The quantitative estimate of drug-likeness (QED) is 0.814. The van der Waals surface area contributed by atoms with Gasteiger partial charge in [-0.2, -0.15) is 5.26 Å². The van der Waals surface area contributed by atoms with Gasteiger partial charge in [0.25, 0.3) is 9.05 Å². The van der Waals surface area contributed by atoms with Crippen LogP contribution in [0.15, 0.2) is 41.4 Å². The van der Waals surface area contributed by atoms with Crippen molar-refractivity contribution in [2.45, 2.75) is 11.8 Å². The highest BCUT2D eigenvalue weighted by Crippen LogP contribution is 2.30. The molecule has 0 aliphatic rings. The molecule has 0 unspecified atom stereocenters. The van der Waals surface area contributed by atoms with Gasteiger partial charge in [0, 0.05) is 16.9 Å². The number of benzene rings is 1. The van der Waals surface area contributed by atoms with Gasteiger partial charge >= 0.3 is 0 Å². The fourth-order valence-corrected chi connectivity index (χ4v) is 2.42. The number of pyridine rings is 1. The fourth-order valence-electron chi connectivity index (χ4n) is 1.52. The summed E-state index contributed by atoms with van der Waals surface area (Å²) in [5.74, 6) is 0.227. The second-order valence-electron chi connectivity index (χ2n) is 3.94. The van der Waals surface area contributed by atoms with E-state index in [-0.39, 0.29) is 10.8 Å². The maximum atomic E-state index is 11.4. The molecule has 102 valence electrons. The summed E-state index contributed by atoms with van der Waals surface area (Å²) in [6.07, 6.45) is 1.39. The lowest BCUT2D eigenvalue weighted by atomic mass is 10.1. The van der Waals surface area contributed by atoms with Crippen molar-refractivity contribution in [3.8, 4) is 17.7 Å². The third kappa shape index (κ3) is 3.07. The van der Waals surface area contributed by atoms with Crippen LogP contribution in [0.4, 0.5) is 0 Å². The van der Waals surface area contributed by atoms with E-state index >= 15 is 0 Å². The van der Waals surface area contributed by atoms with Crippen LogP contribution in [0, 0.1) is 18.3 Å². The zero-order valence-corrected chi connectivity index (χ0v) is 11.9. The number of ether oxygens (including phenoxy) is 1. The van der Waals surface area contributed by atoms with Crippen molar-refractivity contribution in [2.75, 3.05) is 0 Å². The van der Waals surface area contributed by atoms with Crippen LogP contribution in [-0.2, 0) is 9.05 Å². The molecule has 1 heterocycles. The highest BCUT2D eigenvalue weighted by atomic mass is 35.7. The summed E-state index contributed by atoms with van der Waals surface area (Å²) >= 11 is 0. The first kappa shape index (κ1) is 14.3. The number of rotatable bonds is 3. The van der Waals surface area contributed by atoms with Crippen LogP contribution in [-0.4, -0.2) is 13.4 Å². The first-order valence-electron chi connectivity index (χ1n) is 5.50. The average molecular weight is 309 g/mol. The zero-order valence-electron chi connectivity index (χ0n) is 10.4. The summed E-state index contributed by atoms with van der Waals surface area (Å²) in [4.78, 5) is 3.65. The average Bonchev–Trinajstić information content (AvgIpc) is 2.41. The summed E-state index contributed by atoms with van der Waals surface area (Å²) < 4.78 is 28.4. The second-order valence-corrected chi connectivity index (χ2v) is 6.47. The first-order chi connectivity index (χ1) is 9.41. The maximum Gasteiger partial charge on any atom is 0.266 e. The Balaban J connectivity index is 2.49. The van der Waals surface area contributed by atoms with Crippen LogP contribution in [0.1, 0.15) is 11.1 Å². The van der Waals surface area contributed by atoms with Gasteiger partial charge < -0.3 is 4.74 Å².